The van der Waals surface area contributed by atoms with Crippen LogP contribution in [0.2, 0.25) is 10.0 Å². The number of fused-ring (bicyclic) bond motifs is 2. The smallest absolute Gasteiger partial charge is 0.418 e. The number of nitro groups is 1. The van der Waals surface area contributed by atoms with Crippen molar-refractivity contribution in [1.82, 2.24) is 14.9 Å². The van der Waals surface area contributed by atoms with Crippen molar-refractivity contribution in [3.63, 3.8) is 0 Å². The highest BCUT2D eigenvalue weighted by Gasteiger charge is 2.51. The quantitative estimate of drug-likeness (QED) is 0.0535. The normalized spacial score (nSPS) is 14.7. The number of nitrogens with one attached hydrogen (secondary N) is 2. The van der Waals surface area contributed by atoms with Crippen LogP contribution in [0.25, 0.3) is 30.1 Å². The molecule has 7 aromatic rings. The van der Waals surface area contributed by atoms with Crippen LogP contribution < -0.4 is 35.0 Å². The van der Waals surface area contributed by atoms with Crippen LogP contribution in [0.5, 0.6) is 5.75 Å². The van der Waals surface area contributed by atoms with E-state index in [2.05, 4.69) is 30.3 Å². The number of nitro benzene ring substituents is 1. The molecule has 2 aliphatic rings. The highest BCUT2D eigenvalue weighted by molar-refractivity contribution is 7.81. The molecular weight excluding hydrogens is 1100 g/mol. The van der Waals surface area contributed by atoms with Crippen LogP contribution in [-0.2, 0) is 14.3 Å². The summed E-state index contributed by atoms with van der Waals surface area (Å²) in [4.78, 5) is 85.5. The predicted octanol–water partition coefficient (Wildman–Crippen LogP) is 12.5. The van der Waals surface area contributed by atoms with Crippen molar-refractivity contribution >= 4 is 175 Å². The second-order valence-corrected chi connectivity index (χ2v) is 21.4. The molecule has 4 heterocycles. The molecule has 0 saturated carbocycles. The van der Waals surface area contributed by atoms with Gasteiger partial charge in [0.2, 0.25) is 11.4 Å². The number of hydrogen-bond acceptors (Lipinski definition) is 15. The number of thiocarbonyl (C=S) groups is 2. The Hall–Kier alpha value is -7.94. The fraction of sp³-hybridized carbons (Fsp3) is 0.200. The van der Waals surface area contributed by atoms with Gasteiger partial charge in [0.15, 0.2) is 20.5 Å². The van der Waals surface area contributed by atoms with Gasteiger partial charge in [0, 0.05) is 40.1 Å². The van der Waals surface area contributed by atoms with Gasteiger partial charge in [-0.05, 0) is 139 Å². The maximum Gasteiger partial charge on any atom is 0.418 e. The molecule has 5 aromatic carbocycles. The maximum atomic E-state index is 13.5. The number of aromatic nitrogens is 2. The Morgan fingerprint density at radius 1 is 0.711 bits per heavy atom. The molecule has 0 atom stereocenters. The van der Waals surface area contributed by atoms with E-state index in [9.17, 15) is 29.3 Å². The molecule has 0 unspecified atom stereocenters. The van der Waals surface area contributed by atoms with Gasteiger partial charge in [-0.3, -0.25) is 40.1 Å². The summed E-state index contributed by atoms with van der Waals surface area (Å²) in [6.45, 7) is 22.4. The zero-order valence-electron chi connectivity index (χ0n) is 40.8. The first-order chi connectivity index (χ1) is 36.0. The molecule has 2 fully saturated rings. The first-order valence-corrected chi connectivity index (χ1v) is 25.6. The van der Waals surface area contributed by atoms with Crippen LogP contribution in [0.1, 0.15) is 27.7 Å². The van der Waals surface area contributed by atoms with Gasteiger partial charge >= 0.3 is 12.2 Å². The minimum absolute atomic E-state index is 0.123. The third kappa shape index (κ3) is 10.9. The first kappa shape index (κ1) is 54.3. The summed E-state index contributed by atoms with van der Waals surface area (Å²) in [5.74, 6) is -0.352. The average molecular weight is 1140 g/mol. The zero-order chi connectivity index (χ0) is 55.0. The number of carbonyl (C=O) groups excluding carboxylic acids is 4. The van der Waals surface area contributed by atoms with Crippen molar-refractivity contribution in [2.45, 2.75) is 38.8 Å². The van der Waals surface area contributed by atoms with Gasteiger partial charge in [0.1, 0.15) is 23.4 Å². The Labute approximate surface area is 462 Å². The molecule has 386 valence electrons. The van der Waals surface area contributed by atoms with Crippen molar-refractivity contribution in [3.8, 4) is 5.75 Å². The van der Waals surface area contributed by atoms with Gasteiger partial charge in [-0.2, -0.15) is 0 Å². The molecule has 2 aromatic heterocycles. The van der Waals surface area contributed by atoms with Crippen LogP contribution in [0.4, 0.5) is 59.7 Å². The molecule has 2 aliphatic heterocycles. The van der Waals surface area contributed by atoms with E-state index in [-0.39, 0.29) is 60.9 Å². The van der Waals surface area contributed by atoms with Crippen molar-refractivity contribution < 1.29 is 33.6 Å². The minimum atomic E-state index is -1.04. The number of ether oxygens (including phenoxy) is 2. The van der Waals surface area contributed by atoms with E-state index >= 15 is 0 Å². The fourth-order valence-electron chi connectivity index (χ4n) is 7.88. The maximum absolute atomic E-state index is 13.5. The topological polar surface area (TPSA) is 205 Å². The van der Waals surface area contributed by atoms with Crippen molar-refractivity contribution in [2.24, 2.45) is 0 Å². The summed E-state index contributed by atoms with van der Waals surface area (Å²) >= 11 is 26.4. The van der Waals surface area contributed by atoms with E-state index in [1.54, 1.807) is 80.0 Å². The Balaban J connectivity index is 0.000000203. The number of thiazole rings is 2. The molecule has 76 heavy (non-hydrogen) atoms. The summed E-state index contributed by atoms with van der Waals surface area (Å²) in [6.07, 6.45) is -1.37. The minimum Gasteiger partial charge on any atom is -0.448 e. The van der Waals surface area contributed by atoms with Crippen molar-refractivity contribution in [1.29, 1.82) is 0 Å². The fourth-order valence-corrected chi connectivity index (χ4v) is 11.0. The highest BCUT2D eigenvalue weighted by atomic mass is 35.5. The zero-order valence-corrected chi connectivity index (χ0v) is 45.6. The van der Waals surface area contributed by atoms with Gasteiger partial charge in [0.25, 0.3) is 17.5 Å². The third-order valence-electron chi connectivity index (χ3n) is 11.7. The summed E-state index contributed by atoms with van der Waals surface area (Å²) in [5.41, 5.74) is 1.88. The molecule has 2 N–H and O–H groups in total. The number of rotatable bonds is 11. The van der Waals surface area contributed by atoms with E-state index in [4.69, 9.17) is 70.3 Å². The summed E-state index contributed by atoms with van der Waals surface area (Å²) in [5, 5.41) is 17.7. The molecule has 20 nitrogen and oxygen atoms in total. The molecule has 2 saturated heterocycles. The number of carbonyl (C=O) groups is 4. The number of non-ortho nitro benzene ring substituents is 1. The molecule has 0 spiro atoms. The third-order valence-corrected chi connectivity index (χ3v) is 14.9. The molecule has 0 bridgehead atoms. The molecule has 0 aliphatic carbocycles. The molecule has 9 rings (SSSR count). The second-order valence-electron chi connectivity index (χ2n) is 17.8. The van der Waals surface area contributed by atoms with Gasteiger partial charge in [-0.1, -0.05) is 58.0 Å². The number of anilines is 6. The Bertz CT molecular complexity index is 3650. The van der Waals surface area contributed by atoms with Crippen LogP contribution in [0.3, 0.4) is 0 Å². The van der Waals surface area contributed by atoms with Crippen molar-refractivity contribution in [2.75, 3.05) is 57.5 Å². The van der Waals surface area contributed by atoms with E-state index < -0.39 is 28.2 Å². The van der Waals surface area contributed by atoms with E-state index in [1.807, 2.05) is 43.3 Å². The van der Waals surface area contributed by atoms with Crippen LogP contribution in [0.15, 0.2) is 97.1 Å². The van der Waals surface area contributed by atoms with Gasteiger partial charge in [-0.15, -0.1) is 0 Å². The molecule has 26 heteroatoms. The van der Waals surface area contributed by atoms with E-state index in [0.717, 1.165) is 9.40 Å². The monoisotopic (exact) mass is 1130 g/mol. The first-order valence-electron chi connectivity index (χ1n) is 22.4. The van der Waals surface area contributed by atoms with Gasteiger partial charge in [0.05, 0.1) is 49.9 Å². The summed E-state index contributed by atoms with van der Waals surface area (Å²) in [7, 11) is 3.79. The molecular formula is C50H40Cl2N12O8S4. The Kier molecular flexibility index (Phi) is 15.5. The highest BCUT2D eigenvalue weighted by Crippen LogP contribution is 2.42. The van der Waals surface area contributed by atoms with Crippen LogP contribution in [-0.4, -0.2) is 92.3 Å². The number of nitrogens with zero attached hydrogens (tertiary/aromatic N) is 10. The van der Waals surface area contributed by atoms with Gasteiger partial charge in [-0.25, -0.2) is 29.2 Å². The lowest BCUT2D eigenvalue weighted by atomic mass is 10.0. The number of amides is 4. The SMILES string of the molecule is [C-]#[N+]c1ccc(N2C(=O)C(C)(C)N(c3ccc4sc(NC(=O)OCCN(C)C)nc4c3)C2=S)cc1Cl.[C-]#[N+]c1ccc(N2C(=O)C(C)(C)N(c3ccc4sc(NC(=O)Oc5ccc([N+](=O)[O-])cc5)nc4c3)C2=S)cc1Cl. The molecule has 0 radical (unpaired) electrons. The van der Waals surface area contributed by atoms with Crippen LogP contribution >= 0.6 is 70.3 Å². The second kappa shape index (κ2) is 21.7. The van der Waals surface area contributed by atoms with E-state index in [1.165, 1.54) is 62.8 Å². The Morgan fingerprint density at radius 3 is 1.55 bits per heavy atom. The van der Waals surface area contributed by atoms with Crippen LogP contribution in [0, 0.1) is 23.3 Å². The number of likely N-dealkylation sites (N-methyl/N-ethyl adjacent to an activating group) is 1. The standard InChI is InChI=1S/C26H17ClN6O5S2.C24H23ClN6O3S2/c1-26(2)22(34)31(15-6-10-19(28-3)18(27)12-15)25(39)32(26)16-7-11-21-20(13-16)29-23(40-21)30-24(35)38-17-8-4-14(5-9-17)33(36)37;1-24(2)20(32)30(14-6-8-17(26-3)16(25)12-14)23(35)31(24)15-7-9-19-18(13-15)27-21(36-19)28-22(33)34-11-10-29(4)5/h4-13H,1-2H3,(H,29,30,35);6-9,12-13H,10-11H2,1-2,4-5H3,(H,27,28,33). The largest absolute Gasteiger partial charge is 0.448 e. The number of hydrogen-bond donors (Lipinski definition) is 2. The lowest BCUT2D eigenvalue weighted by Gasteiger charge is -2.29. The summed E-state index contributed by atoms with van der Waals surface area (Å²) < 4.78 is 12.0. The molecule has 4 amide bonds. The predicted molar refractivity (Wildman–Crippen MR) is 304 cm³/mol. The number of halogens is 2. The lowest BCUT2D eigenvalue weighted by Crippen LogP contribution is -2.44. The number of benzene rings is 5. The van der Waals surface area contributed by atoms with Crippen molar-refractivity contribution in [3.05, 3.63) is 140 Å². The summed E-state index contributed by atoms with van der Waals surface area (Å²) in [6, 6.07) is 25.5. The van der Waals surface area contributed by atoms with Gasteiger partial charge < -0.3 is 24.2 Å². The lowest BCUT2D eigenvalue weighted by molar-refractivity contribution is -0.384. The van der Waals surface area contributed by atoms with E-state index in [0.29, 0.717) is 51.1 Å². The Morgan fingerprint density at radius 2 is 1.14 bits per heavy atom. The average Bonchev–Trinajstić information content (AvgIpc) is 4.10.